The van der Waals surface area contributed by atoms with Crippen molar-refractivity contribution in [2.45, 2.75) is 31.9 Å². The van der Waals surface area contributed by atoms with Crippen molar-refractivity contribution in [1.29, 1.82) is 0 Å². The lowest BCUT2D eigenvalue weighted by Gasteiger charge is -2.31. The second-order valence-corrected chi connectivity index (χ2v) is 4.44. The van der Waals surface area contributed by atoms with Gasteiger partial charge in [-0.15, -0.1) is 11.3 Å². The van der Waals surface area contributed by atoms with Gasteiger partial charge in [-0.2, -0.15) is 0 Å². The van der Waals surface area contributed by atoms with Gasteiger partial charge in [0.15, 0.2) is 11.4 Å². The molecular formula is C10H12FNO2S. The molecule has 1 saturated carbocycles. The van der Waals surface area contributed by atoms with Crippen LogP contribution in [-0.2, 0) is 10.4 Å². The highest BCUT2D eigenvalue weighted by molar-refractivity contribution is 7.10. The number of aromatic nitrogens is 1. The maximum absolute atomic E-state index is 13.9. The van der Waals surface area contributed by atoms with Crippen LogP contribution in [0.1, 0.15) is 41.7 Å². The van der Waals surface area contributed by atoms with E-state index in [-0.39, 0.29) is 5.69 Å². The zero-order chi connectivity index (χ0) is 10.9. The van der Waals surface area contributed by atoms with Crippen LogP contribution in [0.3, 0.4) is 0 Å². The molecule has 1 fully saturated rings. The van der Waals surface area contributed by atoms with Crippen LogP contribution in [0.15, 0.2) is 5.38 Å². The zero-order valence-electron chi connectivity index (χ0n) is 8.46. The molecule has 5 heteroatoms. The van der Waals surface area contributed by atoms with E-state index in [0.717, 1.165) is 6.42 Å². The quantitative estimate of drug-likeness (QED) is 0.748. The second kappa shape index (κ2) is 3.89. The van der Waals surface area contributed by atoms with Gasteiger partial charge in [0.1, 0.15) is 5.01 Å². The van der Waals surface area contributed by atoms with Crippen molar-refractivity contribution >= 4 is 17.3 Å². The lowest BCUT2D eigenvalue weighted by atomic mass is 9.83. The Morgan fingerprint density at radius 1 is 1.73 bits per heavy atom. The SMILES string of the molecule is CCOC(=O)c1csc(C2(F)CCC2)n1. The molecule has 1 aromatic rings. The van der Waals surface area contributed by atoms with Gasteiger partial charge in [-0.3, -0.25) is 0 Å². The van der Waals surface area contributed by atoms with Crippen LogP contribution in [-0.4, -0.2) is 17.6 Å². The molecule has 0 aliphatic heterocycles. The van der Waals surface area contributed by atoms with Gasteiger partial charge >= 0.3 is 5.97 Å². The van der Waals surface area contributed by atoms with Gasteiger partial charge in [0.2, 0.25) is 0 Å². The lowest BCUT2D eigenvalue weighted by Crippen LogP contribution is -2.28. The van der Waals surface area contributed by atoms with Crippen molar-refractivity contribution < 1.29 is 13.9 Å². The molecular weight excluding hydrogens is 217 g/mol. The number of hydrogen-bond donors (Lipinski definition) is 0. The normalized spacial score (nSPS) is 18.3. The topological polar surface area (TPSA) is 39.2 Å². The molecule has 2 rings (SSSR count). The number of halogens is 1. The molecule has 1 aromatic heterocycles. The summed E-state index contributed by atoms with van der Waals surface area (Å²) in [7, 11) is 0. The predicted octanol–water partition coefficient (Wildman–Crippen LogP) is 2.67. The molecule has 1 aliphatic carbocycles. The maximum atomic E-state index is 13.9. The largest absolute Gasteiger partial charge is 0.461 e. The molecule has 15 heavy (non-hydrogen) atoms. The van der Waals surface area contributed by atoms with Gasteiger partial charge in [-0.1, -0.05) is 0 Å². The zero-order valence-corrected chi connectivity index (χ0v) is 9.27. The van der Waals surface area contributed by atoms with Crippen molar-refractivity contribution in [3.05, 3.63) is 16.1 Å². The van der Waals surface area contributed by atoms with Crippen LogP contribution < -0.4 is 0 Å². The average molecular weight is 229 g/mol. The second-order valence-electron chi connectivity index (χ2n) is 3.58. The van der Waals surface area contributed by atoms with Crippen LogP contribution in [0.4, 0.5) is 4.39 Å². The Balaban J connectivity index is 2.13. The fraction of sp³-hybridized carbons (Fsp3) is 0.600. The third kappa shape index (κ3) is 1.88. The van der Waals surface area contributed by atoms with Gasteiger partial charge in [0.05, 0.1) is 6.61 Å². The fourth-order valence-corrected chi connectivity index (χ4v) is 2.42. The predicted molar refractivity (Wildman–Crippen MR) is 54.7 cm³/mol. The molecule has 0 N–H and O–H groups in total. The maximum Gasteiger partial charge on any atom is 0.357 e. The van der Waals surface area contributed by atoms with E-state index < -0.39 is 11.6 Å². The first-order chi connectivity index (χ1) is 7.15. The van der Waals surface area contributed by atoms with E-state index in [9.17, 15) is 9.18 Å². The number of ether oxygens (including phenoxy) is 1. The summed E-state index contributed by atoms with van der Waals surface area (Å²) in [5.41, 5.74) is -1.06. The minimum absolute atomic E-state index is 0.223. The molecule has 0 saturated heterocycles. The lowest BCUT2D eigenvalue weighted by molar-refractivity contribution is 0.0508. The van der Waals surface area contributed by atoms with E-state index >= 15 is 0 Å². The van der Waals surface area contributed by atoms with Gasteiger partial charge < -0.3 is 4.74 Å². The Morgan fingerprint density at radius 3 is 3.00 bits per heavy atom. The third-order valence-electron chi connectivity index (χ3n) is 2.52. The molecule has 1 aliphatic rings. The number of nitrogens with zero attached hydrogens (tertiary/aromatic N) is 1. The molecule has 0 spiro atoms. The standard InChI is InChI=1S/C10H12FNO2S/c1-2-14-8(13)7-6-15-9(12-7)10(11)4-3-5-10/h6H,2-5H2,1H3. The molecule has 3 nitrogen and oxygen atoms in total. The van der Waals surface area contributed by atoms with E-state index in [1.54, 1.807) is 12.3 Å². The Hall–Kier alpha value is -0.970. The molecule has 0 atom stereocenters. The summed E-state index contributed by atoms with van der Waals surface area (Å²) < 4.78 is 18.7. The summed E-state index contributed by atoms with van der Waals surface area (Å²) in [4.78, 5) is 15.3. The third-order valence-corrected chi connectivity index (χ3v) is 3.54. The van der Waals surface area contributed by atoms with Gasteiger partial charge in [-0.05, 0) is 26.2 Å². The highest BCUT2D eigenvalue weighted by atomic mass is 32.1. The number of esters is 1. The Bertz CT molecular complexity index is 373. The first kappa shape index (κ1) is 10.5. The van der Waals surface area contributed by atoms with Gasteiger partial charge in [-0.25, -0.2) is 14.2 Å². The van der Waals surface area contributed by atoms with Crippen molar-refractivity contribution in [3.8, 4) is 0 Å². The molecule has 82 valence electrons. The number of hydrogen-bond acceptors (Lipinski definition) is 4. The summed E-state index contributed by atoms with van der Waals surface area (Å²) in [5.74, 6) is -0.470. The van der Waals surface area contributed by atoms with Crippen LogP contribution in [0.25, 0.3) is 0 Å². The van der Waals surface area contributed by atoms with Crippen LogP contribution in [0, 0.1) is 0 Å². The Morgan fingerprint density at radius 2 is 2.47 bits per heavy atom. The minimum Gasteiger partial charge on any atom is -0.461 e. The van der Waals surface area contributed by atoms with E-state index in [0.29, 0.717) is 24.5 Å². The summed E-state index contributed by atoms with van der Waals surface area (Å²) in [6, 6.07) is 0. The molecule has 0 bridgehead atoms. The van der Waals surface area contributed by atoms with Crippen LogP contribution >= 0.6 is 11.3 Å². The fourth-order valence-electron chi connectivity index (χ4n) is 1.48. The first-order valence-corrected chi connectivity index (χ1v) is 5.86. The number of alkyl halides is 1. The highest BCUT2D eigenvalue weighted by Crippen LogP contribution is 2.45. The Kier molecular flexibility index (Phi) is 2.73. The monoisotopic (exact) mass is 229 g/mol. The van der Waals surface area contributed by atoms with E-state index in [4.69, 9.17) is 4.74 Å². The van der Waals surface area contributed by atoms with Crippen molar-refractivity contribution in [2.75, 3.05) is 6.61 Å². The number of thiazole rings is 1. The van der Waals surface area contributed by atoms with Crippen LogP contribution in [0.2, 0.25) is 0 Å². The average Bonchev–Trinajstić information content (AvgIpc) is 2.63. The number of carbonyl (C=O) groups excluding carboxylic acids is 1. The first-order valence-electron chi connectivity index (χ1n) is 4.98. The Labute approximate surface area is 91.3 Å². The number of rotatable bonds is 3. The summed E-state index contributed by atoms with van der Waals surface area (Å²) in [6.07, 6.45) is 1.93. The molecule has 0 unspecified atom stereocenters. The molecule has 0 aromatic carbocycles. The summed E-state index contributed by atoms with van der Waals surface area (Å²) >= 11 is 1.20. The van der Waals surface area contributed by atoms with E-state index in [1.807, 2.05) is 0 Å². The van der Waals surface area contributed by atoms with E-state index in [2.05, 4.69) is 4.98 Å². The molecule has 0 amide bonds. The highest BCUT2D eigenvalue weighted by Gasteiger charge is 2.41. The summed E-state index contributed by atoms with van der Waals surface area (Å²) in [5, 5.41) is 1.98. The molecule has 0 radical (unpaired) electrons. The smallest absolute Gasteiger partial charge is 0.357 e. The van der Waals surface area contributed by atoms with Crippen molar-refractivity contribution in [1.82, 2.24) is 4.98 Å². The van der Waals surface area contributed by atoms with Crippen molar-refractivity contribution in [2.24, 2.45) is 0 Å². The number of carbonyl (C=O) groups is 1. The molecule has 1 heterocycles. The van der Waals surface area contributed by atoms with Gasteiger partial charge in [0.25, 0.3) is 0 Å². The van der Waals surface area contributed by atoms with E-state index in [1.165, 1.54) is 11.3 Å². The van der Waals surface area contributed by atoms with Crippen LogP contribution in [0.5, 0.6) is 0 Å². The minimum atomic E-state index is -1.28. The summed E-state index contributed by atoms with van der Waals surface area (Å²) in [6.45, 7) is 2.04. The van der Waals surface area contributed by atoms with Gasteiger partial charge in [0, 0.05) is 5.38 Å². The van der Waals surface area contributed by atoms with Crippen molar-refractivity contribution in [3.63, 3.8) is 0 Å².